The first-order valence-electron chi connectivity index (χ1n) is 8.64. The molecule has 2 atom stereocenters. The summed E-state index contributed by atoms with van der Waals surface area (Å²) < 4.78 is 7.73. The lowest BCUT2D eigenvalue weighted by Gasteiger charge is -2.28. The van der Waals surface area contributed by atoms with E-state index >= 15 is 0 Å². The highest BCUT2D eigenvalue weighted by Gasteiger charge is 2.26. The van der Waals surface area contributed by atoms with Crippen LogP contribution in [0.2, 0.25) is 0 Å². The molecule has 2 aromatic rings. The molecule has 0 radical (unpaired) electrons. The van der Waals surface area contributed by atoms with Crippen molar-refractivity contribution in [3.8, 4) is 0 Å². The molecule has 0 saturated carbocycles. The van der Waals surface area contributed by atoms with Crippen LogP contribution >= 0.6 is 0 Å². The zero-order valence-corrected chi connectivity index (χ0v) is 13.4. The number of aromatic nitrogens is 2. The van der Waals surface area contributed by atoms with E-state index in [1.165, 1.54) is 25.9 Å². The molecule has 2 aliphatic rings. The molecule has 4 heterocycles. The molecular weight excluding hydrogens is 290 g/mol. The Labute approximate surface area is 136 Å². The second-order valence-electron chi connectivity index (χ2n) is 6.58. The van der Waals surface area contributed by atoms with Gasteiger partial charge < -0.3 is 15.1 Å². The van der Waals surface area contributed by atoms with Gasteiger partial charge in [-0.2, -0.15) is 5.10 Å². The number of anilines is 1. The molecule has 0 unspecified atom stereocenters. The van der Waals surface area contributed by atoms with Crippen molar-refractivity contribution in [1.29, 1.82) is 0 Å². The second-order valence-corrected chi connectivity index (χ2v) is 6.58. The van der Waals surface area contributed by atoms with Crippen molar-refractivity contribution in [1.82, 2.24) is 20.0 Å². The van der Waals surface area contributed by atoms with Gasteiger partial charge in [-0.1, -0.05) is 0 Å². The number of nitrogens with zero attached hydrogens (tertiary/aromatic N) is 3. The number of nitrogens with one attached hydrogen (secondary N) is 2. The fraction of sp³-hybridized carbons (Fsp3) is 0.588. The molecule has 0 aliphatic carbocycles. The van der Waals surface area contributed by atoms with Crippen LogP contribution < -0.4 is 10.6 Å². The number of hydrogen-bond donors (Lipinski definition) is 2. The van der Waals surface area contributed by atoms with Crippen LogP contribution in [0.3, 0.4) is 0 Å². The molecular formula is C17H25N5O. The lowest BCUT2D eigenvalue weighted by molar-refractivity contribution is 0.206. The van der Waals surface area contributed by atoms with Crippen LogP contribution in [0, 0.1) is 5.92 Å². The summed E-state index contributed by atoms with van der Waals surface area (Å²) in [6, 6.07) is 6.47. The molecule has 1 saturated heterocycles. The Morgan fingerprint density at radius 1 is 1.35 bits per heavy atom. The van der Waals surface area contributed by atoms with Gasteiger partial charge in [-0.3, -0.25) is 4.90 Å². The number of hydrogen-bond acceptors (Lipinski definition) is 5. The average Bonchev–Trinajstić information content (AvgIpc) is 3.33. The Morgan fingerprint density at radius 3 is 3.09 bits per heavy atom. The highest BCUT2D eigenvalue weighted by Crippen LogP contribution is 2.25. The van der Waals surface area contributed by atoms with E-state index in [4.69, 9.17) is 4.42 Å². The maximum Gasteiger partial charge on any atom is 0.124 e. The molecule has 0 spiro atoms. The first kappa shape index (κ1) is 14.8. The zero-order chi connectivity index (χ0) is 15.5. The van der Waals surface area contributed by atoms with E-state index in [0.29, 0.717) is 12.0 Å². The van der Waals surface area contributed by atoms with Crippen molar-refractivity contribution in [3.63, 3.8) is 0 Å². The van der Waals surface area contributed by atoms with Crippen molar-refractivity contribution in [2.75, 3.05) is 38.0 Å². The smallest absolute Gasteiger partial charge is 0.124 e. The fourth-order valence-electron chi connectivity index (χ4n) is 3.69. The van der Waals surface area contributed by atoms with E-state index in [-0.39, 0.29) is 0 Å². The van der Waals surface area contributed by atoms with E-state index in [0.717, 1.165) is 37.8 Å². The largest absolute Gasteiger partial charge is 0.468 e. The third-order valence-corrected chi connectivity index (χ3v) is 4.94. The minimum absolute atomic E-state index is 0.351. The van der Waals surface area contributed by atoms with Gasteiger partial charge in [0.15, 0.2) is 0 Å². The van der Waals surface area contributed by atoms with E-state index in [9.17, 15) is 0 Å². The molecule has 2 aliphatic heterocycles. The van der Waals surface area contributed by atoms with Crippen molar-refractivity contribution < 1.29 is 4.42 Å². The quantitative estimate of drug-likeness (QED) is 0.853. The maximum atomic E-state index is 5.68. The topological polar surface area (TPSA) is 58.3 Å². The van der Waals surface area contributed by atoms with Crippen molar-refractivity contribution in [3.05, 3.63) is 36.4 Å². The van der Waals surface area contributed by atoms with Gasteiger partial charge in [0.25, 0.3) is 0 Å². The highest BCUT2D eigenvalue weighted by atomic mass is 16.3. The summed E-state index contributed by atoms with van der Waals surface area (Å²) in [7, 11) is 0. The third kappa shape index (κ3) is 3.28. The molecule has 6 heteroatoms. The van der Waals surface area contributed by atoms with Crippen LogP contribution in [-0.2, 0) is 6.54 Å². The Morgan fingerprint density at radius 2 is 2.26 bits per heavy atom. The normalized spacial score (nSPS) is 22.7. The minimum Gasteiger partial charge on any atom is -0.468 e. The van der Waals surface area contributed by atoms with Crippen LogP contribution in [0.1, 0.15) is 24.6 Å². The van der Waals surface area contributed by atoms with Gasteiger partial charge >= 0.3 is 0 Å². The van der Waals surface area contributed by atoms with Crippen LogP contribution in [0.4, 0.5) is 5.82 Å². The maximum absolute atomic E-state index is 5.68. The Balaban J connectivity index is 1.32. The van der Waals surface area contributed by atoms with Gasteiger partial charge in [0.2, 0.25) is 0 Å². The molecule has 6 nitrogen and oxygen atoms in total. The highest BCUT2D eigenvalue weighted by molar-refractivity contribution is 5.35. The van der Waals surface area contributed by atoms with Crippen molar-refractivity contribution in [2.45, 2.75) is 25.4 Å². The number of fused-ring (bicyclic) bond motifs is 1. The van der Waals surface area contributed by atoms with Crippen molar-refractivity contribution >= 4 is 5.82 Å². The number of furan rings is 1. The van der Waals surface area contributed by atoms with Gasteiger partial charge in [0.1, 0.15) is 11.6 Å². The molecule has 0 aromatic carbocycles. The Hall–Kier alpha value is -1.79. The number of likely N-dealkylation sites (tertiary alicyclic amines) is 1. The van der Waals surface area contributed by atoms with Gasteiger partial charge in [-0.15, -0.1) is 0 Å². The molecule has 2 N–H and O–H groups in total. The molecule has 124 valence electrons. The molecule has 0 bridgehead atoms. The molecule has 4 rings (SSSR count). The van der Waals surface area contributed by atoms with E-state index in [2.05, 4.69) is 31.4 Å². The zero-order valence-electron chi connectivity index (χ0n) is 13.4. The lowest BCUT2D eigenvalue weighted by Crippen LogP contribution is -2.39. The van der Waals surface area contributed by atoms with E-state index in [1.807, 2.05) is 18.3 Å². The SMILES string of the molecule is c1coc([C@@H](CNC[C@H]2CNc3ccnn3C2)N2CCCC2)c1. The summed E-state index contributed by atoms with van der Waals surface area (Å²) in [6.45, 7) is 6.28. The predicted molar refractivity (Wildman–Crippen MR) is 89.3 cm³/mol. The standard InChI is InChI=1S/C17H25N5O/c1-2-8-21(7-1)15(16-4-3-9-23-16)12-18-10-14-11-19-17-5-6-20-22(17)13-14/h3-6,9,14-15,18-19H,1-2,7-8,10-13H2/t14-,15+/m0/s1. The van der Waals surface area contributed by atoms with Gasteiger partial charge in [0.05, 0.1) is 18.5 Å². The first-order chi connectivity index (χ1) is 11.4. The van der Waals surface area contributed by atoms with Crippen LogP contribution in [0.5, 0.6) is 0 Å². The van der Waals surface area contributed by atoms with Gasteiger partial charge in [0, 0.05) is 38.2 Å². The average molecular weight is 315 g/mol. The molecule has 2 aromatic heterocycles. The van der Waals surface area contributed by atoms with Gasteiger partial charge in [-0.05, 0) is 38.1 Å². The summed E-state index contributed by atoms with van der Waals surface area (Å²) >= 11 is 0. The molecule has 0 amide bonds. The summed E-state index contributed by atoms with van der Waals surface area (Å²) in [5, 5.41) is 11.5. The Kier molecular flexibility index (Phi) is 4.35. The first-order valence-corrected chi connectivity index (χ1v) is 8.64. The summed E-state index contributed by atoms with van der Waals surface area (Å²) in [4.78, 5) is 2.54. The van der Waals surface area contributed by atoms with E-state index in [1.54, 1.807) is 6.26 Å². The van der Waals surface area contributed by atoms with Gasteiger partial charge in [-0.25, -0.2) is 4.68 Å². The van der Waals surface area contributed by atoms with E-state index < -0.39 is 0 Å². The molecule has 23 heavy (non-hydrogen) atoms. The third-order valence-electron chi connectivity index (χ3n) is 4.94. The van der Waals surface area contributed by atoms with Crippen LogP contribution in [0.25, 0.3) is 0 Å². The fourth-order valence-corrected chi connectivity index (χ4v) is 3.69. The second kappa shape index (κ2) is 6.76. The lowest BCUT2D eigenvalue weighted by atomic mass is 10.1. The summed E-state index contributed by atoms with van der Waals surface area (Å²) in [6.07, 6.45) is 6.23. The van der Waals surface area contributed by atoms with Crippen molar-refractivity contribution in [2.24, 2.45) is 5.92 Å². The number of rotatable bonds is 6. The van der Waals surface area contributed by atoms with Crippen LogP contribution in [0.15, 0.2) is 35.1 Å². The monoisotopic (exact) mass is 315 g/mol. The van der Waals surface area contributed by atoms with Crippen LogP contribution in [-0.4, -0.2) is 47.4 Å². The Bertz CT molecular complexity index is 602. The molecule has 1 fully saturated rings. The summed E-state index contributed by atoms with van der Waals surface area (Å²) in [5.41, 5.74) is 0. The predicted octanol–water partition coefficient (Wildman–Crippen LogP) is 1.94. The minimum atomic E-state index is 0.351. The summed E-state index contributed by atoms with van der Waals surface area (Å²) in [5.74, 6) is 2.78.